The van der Waals surface area contributed by atoms with Crippen molar-refractivity contribution in [3.63, 3.8) is 0 Å². The number of fused-ring (bicyclic) bond motifs is 4. The fourth-order valence-corrected chi connectivity index (χ4v) is 5.98. The summed E-state index contributed by atoms with van der Waals surface area (Å²) in [5.41, 5.74) is 9.99. The van der Waals surface area contributed by atoms with E-state index in [4.69, 9.17) is 4.74 Å². The van der Waals surface area contributed by atoms with Crippen LogP contribution in [0.2, 0.25) is 0 Å². The molecule has 3 nitrogen and oxygen atoms in total. The fraction of sp³-hybridized carbons (Fsp3) is 0.273. The van der Waals surface area contributed by atoms with Crippen LogP contribution in [-0.4, -0.2) is 13.9 Å². The molecule has 0 aromatic heterocycles. The monoisotopic (exact) mass is 486 g/mol. The summed E-state index contributed by atoms with van der Waals surface area (Å²) in [5, 5.41) is 0. The molecule has 0 saturated heterocycles. The van der Waals surface area contributed by atoms with E-state index >= 15 is 0 Å². The first-order valence-corrected chi connectivity index (χ1v) is 13.2. The van der Waals surface area contributed by atoms with Crippen LogP contribution >= 0.6 is 0 Å². The van der Waals surface area contributed by atoms with Crippen molar-refractivity contribution in [3.05, 3.63) is 96.1 Å². The highest BCUT2D eigenvalue weighted by molar-refractivity contribution is 6.91. The summed E-state index contributed by atoms with van der Waals surface area (Å²) in [5.74, 6) is 1.85. The minimum Gasteiger partial charge on any atom is -0.458 e. The Labute approximate surface area is 221 Å². The van der Waals surface area contributed by atoms with Crippen LogP contribution in [0, 0.1) is 0 Å². The average Bonchev–Trinajstić information content (AvgIpc) is 2.86. The molecule has 2 aliphatic heterocycles. The molecule has 6 rings (SSSR count). The Balaban J connectivity index is 1.77. The molecule has 2 heterocycles. The Hall–Kier alpha value is -3.66. The van der Waals surface area contributed by atoms with Crippen LogP contribution in [0.25, 0.3) is 0 Å². The van der Waals surface area contributed by atoms with Crippen molar-refractivity contribution < 1.29 is 4.74 Å². The van der Waals surface area contributed by atoms with E-state index in [9.17, 15) is 0 Å². The van der Waals surface area contributed by atoms with Gasteiger partial charge in [-0.2, -0.15) is 0 Å². The molecule has 0 aliphatic carbocycles. The maximum atomic E-state index is 6.45. The molecule has 0 spiro atoms. The molecule has 0 atom stereocenters. The van der Waals surface area contributed by atoms with E-state index in [-0.39, 0.29) is 17.7 Å². The zero-order valence-corrected chi connectivity index (χ0v) is 23.0. The molecule has 0 unspecified atom stereocenters. The standard InChI is InChI=1S/C33H35BN2O/c1-32(2,3)22-14-12-18-26-30(22)36(31-23(33(4,5)6)15-13-19-27(31)35(26)7)34-24-16-8-10-20-28(24)37-29-21-11-9-17-25(29)34/h8-21H,1-7H3. The van der Waals surface area contributed by atoms with E-state index in [1.165, 1.54) is 44.8 Å². The smallest absolute Gasteiger partial charge is 0.335 e. The zero-order chi connectivity index (χ0) is 26.1. The predicted molar refractivity (Wildman–Crippen MR) is 158 cm³/mol. The van der Waals surface area contributed by atoms with Crippen molar-refractivity contribution in [1.82, 2.24) is 0 Å². The second kappa shape index (κ2) is 8.18. The summed E-state index contributed by atoms with van der Waals surface area (Å²) in [6, 6.07) is 30.6. The van der Waals surface area contributed by atoms with Crippen molar-refractivity contribution in [1.29, 1.82) is 0 Å². The third-order valence-corrected chi connectivity index (χ3v) is 7.76. The van der Waals surface area contributed by atoms with Crippen molar-refractivity contribution in [2.24, 2.45) is 0 Å². The number of rotatable bonds is 1. The quantitative estimate of drug-likeness (QED) is 0.261. The van der Waals surface area contributed by atoms with Gasteiger partial charge in [-0.25, -0.2) is 0 Å². The summed E-state index contributed by atoms with van der Waals surface area (Å²) in [7, 11) is 2.21. The molecule has 4 aromatic rings. The van der Waals surface area contributed by atoms with Gasteiger partial charge in [-0.3, -0.25) is 0 Å². The van der Waals surface area contributed by atoms with E-state index < -0.39 is 0 Å². The molecule has 4 heteroatoms. The lowest BCUT2D eigenvalue weighted by Crippen LogP contribution is -2.59. The lowest BCUT2D eigenvalue weighted by atomic mass is 9.46. The number of nitrogens with zero attached hydrogens (tertiary/aromatic N) is 2. The molecule has 186 valence electrons. The lowest BCUT2D eigenvalue weighted by Gasteiger charge is -2.47. The largest absolute Gasteiger partial charge is 0.458 e. The molecule has 0 amide bonds. The maximum Gasteiger partial charge on any atom is 0.335 e. The lowest BCUT2D eigenvalue weighted by molar-refractivity contribution is 0.487. The van der Waals surface area contributed by atoms with Crippen LogP contribution in [0.5, 0.6) is 11.5 Å². The third kappa shape index (κ3) is 3.65. The summed E-state index contributed by atoms with van der Waals surface area (Å²) in [6.45, 7) is 13.9. The average molecular weight is 486 g/mol. The van der Waals surface area contributed by atoms with Gasteiger partial charge in [0.2, 0.25) is 0 Å². The van der Waals surface area contributed by atoms with Crippen LogP contribution in [0.15, 0.2) is 84.9 Å². The Kier molecular flexibility index (Phi) is 5.24. The van der Waals surface area contributed by atoms with Gasteiger partial charge in [-0.05, 0) is 57.1 Å². The van der Waals surface area contributed by atoms with Crippen LogP contribution < -0.4 is 25.4 Å². The Morgan fingerprint density at radius 2 is 1.00 bits per heavy atom. The number of anilines is 4. The van der Waals surface area contributed by atoms with Crippen LogP contribution in [0.4, 0.5) is 22.7 Å². The van der Waals surface area contributed by atoms with E-state index in [0.29, 0.717) is 0 Å². The van der Waals surface area contributed by atoms with Gasteiger partial charge in [0.25, 0.3) is 0 Å². The topological polar surface area (TPSA) is 15.7 Å². The highest BCUT2D eigenvalue weighted by Gasteiger charge is 2.44. The van der Waals surface area contributed by atoms with E-state index in [0.717, 1.165) is 11.5 Å². The highest BCUT2D eigenvalue weighted by Crippen LogP contribution is 2.54. The number of benzene rings is 4. The number of hydrogen-bond donors (Lipinski definition) is 0. The first kappa shape index (κ1) is 23.7. The SMILES string of the molecule is CN1c2cccc(C(C)(C)C)c2N(B2c3ccccc3Oc3ccccc32)c2c1cccc2C(C)(C)C. The molecule has 4 aromatic carbocycles. The fourth-order valence-electron chi connectivity index (χ4n) is 5.98. The van der Waals surface area contributed by atoms with Crippen molar-refractivity contribution in [2.75, 3.05) is 16.8 Å². The predicted octanol–water partition coefficient (Wildman–Crippen LogP) is 7.41. The molecule has 0 saturated carbocycles. The van der Waals surface area contributed by atoms with Gasteiger partial charge in [0.1, 0.15) is 11.5 Å². The second-order valence-electron chi connectivity index (χ2n) is 12.4. The summed E-state index contributed by atoms with van der Waals surface area (Å²) in [4.78, 5) is 5.01. The molecule has 37 heavy (non-hydrogen) atoms. The Morgan fingerprint density at radius 3 is 1.43 bits per heavy atom. The Bertz CT molecular complexity index is 1400. The molecule has 0 fully saturated rings. The number of ether oxygens (including phenoxy) is 1. The molecule has 0 N–H and O–H groups in total. The highest BCUT2D eigenvalue weighted by atomic mass is 16.5. The minimum absolute atomic E-state index is 0.0284. The van der Waals surface area contributed by atoms with Crippen LogP contribution in [0.1, 0.15) is 52.7 Å². The molecular weight excluding hydrogens is 451 g/mol. The van der Waals surface area contributed by atoms with Crippen LogP contribution in [0.3, 0.4) is 0 Å². The van der Waals surface area contributed by atoms with Crippen molar-refractivity contribution in [3.8, 4) is 11.5 Å². The van der Waals surface area contributed by atoms with Gasteiger partial charge in [0, 0.05) is 7.05 Å². The van der Waals surface area contributed by atoms with E-state index in [2.05, 4.69) is 143 Å². The van der Waals surface area contributed by atoms with Gasteiger partial charge in [-0.15, -0.1) is 0 Å². The van der Waals surface area contributed by atoms with Crippen LogP contribution in [-0.2, 0) is 10.8 Å². The van der Waals surface area contributed by atoms with E-state index in [1.807, 2.05) is 0 Å². The normalized spacial score (nSPS) is 14.4. The number of hydrogen-bond acceptors (Lipinski definition) is 3. The second-order valence-corrected chi connectivity index (χ2v) is 12.4. The first-order chi connectivity index (χ1) is 17.6. The molecule has 2 aliphatic rings. The van der Waals surface area contributed by atoms with Gasteiger partial charge >= 0.3 is 6.85 Å². The summed E-state index contributed by atoms with van der Waals surface area (Å²) < 4.78 is 6.45. The van der Waals surface area contributed by atoms with Gasteiger partial charge in [0.15, 0.2) is 0 Å². The molecular formula is C33H35BN2O. The van der Waals surface area contributed by atoms with E-state index in [1.54, 1.807) is 0 Å². The molecule has 0 radical (unpaired) electrons. The van der Waals surface area contributed by atoms with Crippen molar-refractivity contribution in [2.45, 2.75) is 52.4 Å². The third-order valence-electron chi connectivity index (χ3n) is 7.76. The zero-order valence-electron chi connectivity index (χ0n) is 23.0. The Morgan fingerprint density at radius 1 is 0.568 bits per heavy atom. The summed E-state index contributed by atoms with van der Waals surface area (Å²) in [6.07, 6.45) is 0. The molecule has 0 bridgehead atoms. The van der Waals surface area contributed by atoms with Gasteiger partial charge < -0.3 is 14.4 Å². The maximum absolute atomic E-state index is 6.45. The summed E-state index contributed by atoms with van der Waals surface area (Å²) >= 11 is 0. The van der Waals surface area contributed by atoms with Gasteiger partial charge in [-0.1, -0.05) is 102 Å². The van der Waals surface area contributed by atoms with Gasteiger partial charge in [0.05, 0.1) is 22.7 Å². The first-order valence-electron chi connectivity index (χ1n) is 13.2. The number of para-hydroxylation sites is 4. The minimum atomic E-state index is -0.0389. The van der Waals surface area contributed by atoms with Crippen molar-refractivity contribution >= 4 is 40.5 Å².